The highest BCUT2D eigenvalue weighted by molar-refractivity contribution is 7.12. The summed E-state index contributed by atoms with van der Waals surface area (Å²) < 4.78 is 0. The Morgan fingerprint density at radius 2 is 2.20 bits per heavy atom. The average Bonchev–Trinajstić information content (AvgIpc) is 2.60. The lowest BCUT2D eigenvalue weighted by Gasteiger charge is -2.16. The first-order valence-electron chi connectivity index (χ1n) is 4.67. The molecule has 0 aliphatic rings. The van der Waals surface area contributed by atoms with Gasteiger partial charge in [0.25, 0.3) is 0 Å². The van der Waals surface area contributed by atoms with Gasteiger partial charge < -0.3 is 15.5 Å². The third-order valence-electron chi connectivity index (χ3n) is 1.98. The molecule has 0 fully saturated rings. The smallest absolute Gasteiger partial charge is 0.216 e. The SMILES string of the molecule is CC(=O)NCC(O)C(O)c1ccc(C)s1. The van der Waals surface area contributed by atoms with Gasteiger partial charge in [-0.05, 0) is 19.1 Å². The van der Waals surface area contributed by atoms with Crippen LogP contribution >= 0.6 is 11.3 Å². The van der Waals surface area contributed by atoms with Gasteiger partial charge >= 0.3 is 0 Å². The van der Waals surface area contributed by atoms with E-state index in [1.165, 1.54) is 18.3 Å². The molecule has 0 bridgehead atoms. The van der Waals surface area contributed by atoms with Gasteiger partial charge in [0, 0.05) is 23.2 Å². The summed E-state index contributed by atoms with van der Waals surface area (Å²) >= 11 is 1.44. The number of aliphatic hydroxyl groups excluding tert-OH is 2. The fourth-order valence-corrected chi connectivity index (χ4v) is 2.08. The second-order valence-electron chi connectivity index (χ2n) is 3.40. The Balaban J connectivity index is 2.52. The summed E-state index contributed by atoms with van der Waals surface area (Å²) in [5.41, 5.74) is 0. The Kier molecular flexibility index (Phi) is 4.26. The highest BCUT2D eigenvalue weighted by Gasteiger charge is 2.19. The zero-order valence-electron chi connectivity index (χ0n) is 8.73. The fraction of sp³-hybridized carbons (Fsp3) is 0.500. The van der Waals surface area contributed by atoms with E-state index in [9.17, 15) is 15.0 Å². The molecule has 4 nitrogen and oxygen atoms in total. The molecule has 84 valence electrons. The van der Waals surface area contributed by atoms with Crippen LogP contribution in [0, 0.1) is 6.92 Å². The van der Waals surface area contributed by atoms with Gasteiger partial charge in [0.1, 0.15) is 12.2 Å². The summed E-state index contributed by atoms with van der Waals surface area (Å²) in [6.45, 7) is 3.36. The van der Waals surface area contributed by atoms with Crippen LogP contribution in [0.5, 0.6) is 0 Å². The van der Waals surface area contributed by atoms with E-state index in [2.05, 4.69) is 5.32 Å². The van der Waals surface area contributed by atoms with E-state index in [1.807, 2.05) is 13.0 Å². The Morgan fingerprint density at radius 1 is 1.53 bits per heavy atom. The van der Waals surface area contributed by atoms with Crippen molar-refractivity contribution in [3.05, 3.63) is 21.9 Å². The largest absolute Gasteiger partial charge is 0.388 e. The Hall–Kier alpha value is -0.910. The highest BCUT2D eigenvalue weighted by Crippen LogP contribution is 2.24. The number of aliphatic hydroxyl groups is 2. The molecule has 3 N–H and O–H groups in total. The maximum atomic E-state index is 10.6. The summed E-state index contributed by atoms with van der Waals surface area (Å²) in [5.74, 6) is -0.219. The second-order valence-corrected chi connectivity index (χ2v) is 4.72. The first-order valence-corrected chi connectivity index (χ1v) is 5.49. The molecule has 0 aromatic carbocycles. The van der Waals surface area contributed by atoms with Gasteiger partial charge in [0.2, 0.25) is 5.91 Å². The number of hydrogen-bond donors (Lipinski definition) is 3. The molecule has 5 heteroatoms. The highest BCUT2D eigenvalue weighted by atomic mass is 32.1. The molecule has 1 aromatic heterocycles. The van der Waals surface area contributed by atoms with Crippen molar-refractivity contribution in [2.24, 2.45) is 0 Å². The van der Waals surface area contributed by atoms with Crippen LogP contribution in [0.15, 0.2) is 12.1 Å². The van der Waals surface area contributed by atoms with Gasteiger partial charge in [-0.3, -0.25) is 4.79 Å². The van der Waals surface area contributed by atoms with E-state index < -0.39 is 12.2 Å². The fourth-order valence-electron chi connectivity index (χ4n) is 1.16. The second kappa shape index (κ2) is 5.25. The Morgan fingerprint density at radius 3 is 2.67 bits per heavy atom. The maximum Gasteiger partial charge on any atom is 0.216 e. The summed E-state index contributed by atoms with van der Waals surface area (Å²) in [6.07, 6.45) is -1.90. The zero-order chi connectivity index (χ0) is 11.4. The van der Waals surface area contributed by atoms with E-state index in [0.29, 0.717) is 4.88 Å². The van der Waals surface area contributed by atoms with E-state index in [-0.39, 0.29) is 12.5 Å². The lowest BCUT2D eigenvalue weighted by Crippen LogP contribution is -2.33. The molecule has 1 amide bonds. The van der Waals surface area contributed by atoms with E-state index in [0.717, 1.165) is 4.88 Å². The molecule has 0 aliphatic heterocycles. The van der Waals surface area contributed by atoms with Crippen molar-refractivity contribution in [1.82, 2.24) is 5.32 Å². The Bertz CT molecular complexity index is 337. The van der Waals surface area contributed by atoms with Gasteiger partial charge in [0.05, 0.1) is 0 Å². The third-order valence-corrected chi connectivity index (χ3v) is 3.05. The van der Waals surface area contributed by atoms with Gasteiger partial charge in [-0.1, -0.05) is 0 Å². The number of nitrogens with one attached hydrogen (secondary N) is 1. The van der Waals surface area contributed by atoms with Crippen LogP contribution in [-0.4, -0.2) is 28.8 Å². The van der Waals surface area contributed by atoms with Crippen molar-refractivity contribution in [1.29, 1.82) is 0 Å². The Labute approximate surface area is 92.6 Å². The van der Waals surface area contributed by atoms with Crippen LogP contribution in [0.2, 0.25) is 0 Å². The first kappa shape index (κ1) is 12.2. The van der Waals surface area contributed by atoms with Crippen molar-refractivity contribution in [2.45, 2.75) is 26.1 Å². The number of rotatable bonds is 4. The van der Waals surface area contributed by atoms with Crippen molar-refractivity contribution in [3.8, 4) is 0 Å². The number of carbonyl (C=O) groups is 1. The van der Waals surface area contributed by atoms with Crippen LogP contribution in [0.25, 0.3) is 0 Å². The molecule has 0 spiro atoms. The molecule has 0 saturated heterocycles. The summed E-state index contributed by atoms with van der Waals surface area (Å²) in [6, 6.07) is 3.66. The molecule has 0 saturated carbocycles. The standard InChI is InChI=1S/C10H15NO3S/c1-6-3-4-9(15-6)10(14)8(13)5-11-7(2)12/h3-4,8,10,13-14H,5H2,1-2H3,(H,11,12). The minimum atomic E-state index is -0.966. The molecular weight excluding hydrogens is 214 g/mol. The molecule has 1 aromatic rings. The van der Waals surface area contributed by atoms with Crippen molar-refractivity contribution < 1.29 is 15.0 Å². The quantitative estimate of drug-likeness (QED) is 0.707. The number of carbonyl (C=O) groups excluding carboxylic acids is 1. The van der Waals surface area contributed by atoms with Crippen LogP contribution < -0.4 is 5.32 Å². The monoisotopic (exact) mass is 229 g/mol. The molecule has 1 heterocycles. The number of hydrogen-bond acceptors (Lipinski definition) is 4. The topological polar surface area (TPSA) is 69.6 Å². The minimum absolute atomic E-state index is 0.0629. The minimum Gasteiger partial charge on any atom is -0.388 e. The van der Waals surface area contributed by atoms with Crippen molar-refractivity contribution in [3.63, 3.8) is 0 Å². The van der Waals surface area contributed by atoms with E-state index >= 15 is 0 Å². The van der Waals surface area contributed by atoms with Crippen molar-refractivity contribution >= 4 is 17.2 Å². The van der Waals surface area contributed by atoms with Crippen LogP contribution in [0.1, 0.15) is 22.8 Å². The van der Waals surface area contributed by atoms with Gasteiger partial charge in [-0.25, -0.2) is 0 Å². The van der Waals surface area contributed by atoms with Crippen LogP contribution in [-0.2, 0) is 4.79 Å². The lowest BCUT2D eigenvalue weighted by atomic mass is 10.1. The summed E-state index contributed by atoms with van der Waals surface area (Å²) in [7, 11) is 0. The number of thiophene rings is 1. The molecule has 0 aliphatic carbocycles. The predicted octanol–water partition coefficient (Wildman–Crippen LogP) is 0.587. The van der Waals surface area contributed by atoms with Gasteiger partial charge in [0.15, 0.2) is 0 Å². The molecule has 15 heavy (non-hydrogen) atoms. The lowest BCUT2D eigenvalue weighted by molar-refractivity contribution is -0.119. The number of aryl methyl sites for hydroxylation is 1. The molecule has 0 radical (unpaired) electrons. The van der Waals surface area contributed by atoms with Crippen molar-refractivity contribution in [2.75, 3.05) is 6.54 Å². The third kappa shape index (κ3) is 3.62. The van der Waals surface area contributed by atoms with Gasteiger partial charge in [-0.15, -0.1) is 11.3 Å². The summed E-state index contributed by atoms with van der Waals surface area (Å²) in [5, 5.41) is 21.8. The molecule has 2 atom stereocenters. The summed E-state index contributed by atoms with van der Waals surface area (Å²) in [4.78, 5) is 12.4. The average molecular weight is 229 g/mol. The van der Waals surface area contributed by atoms with Crippen LogP contribution in [0.3, 0.4) is 0 Å². The maximum absolute atomic E-state index is 10.6. The number of amides is 1. The molecule has 2 unspecified atom stereocenters. The van der Waals surface area contributed by atoms with Crippen LogP contribution in [0.4, 0.5) is 0 Å². The first-order chi connectivity index (χ1) is 7.00. The van der Waals surface area contributed by atoms with E-state index in [1.54, 1.807) is 6.07 Å². The zero-order valence-corrected chi connectivity index (χ0v) is 9.54. The molecular formula is C10H15NO3S. The van der Waals surface area contributed by atoms with E-state index in [4.69, 9.17) is 0 Å². The normalized spacial score (nSPS) is 14.7. The molecule has 1 rings (SSSR count). The predicted molar refractivity (Wildman–Crippen MR) is 58.7 cm³/mol. The van der Waals surface area contributed by atoms with Gasteiger partial charge in [-0.2, -0.15) is 0 Å².